The second kappa shape index (κ2) is 6.43. The molecule has 1 rings (SSSR count). The SMILES string of the molecule is CC#CC(=O)NCCS(=O)(=O)c1ccc(Cl)cc1. The first-order valence-electron chi connectivity index (χ1n) is 5.14. The number of hydrogen-bond acceptors (Lipinski definition) is 3. The van der Waals surface area contributed by atoms with E-state index in [1.807, 2.05) is 0 Å². The second-order valence-corrected chi connectivity index (χ2v) is 5.95. The highest BCUT2D eigenvalue weighted by atomic mass is 35.5. The molecular weight excluding hydrogens is 274 g/mol. The van der Waals surface area contributed by atoms with Gasteiger partial charge in [-0.05, 0) is 37.1 Å². The minimum atomic E-state index is -3.41. The molecule has 96 valence electrons. The van der Waals surface area contributed by atoms with E-state index >= 15 is 0 Å². The van der Waals surface area contributed by atoms with Gasteiger partial charge in [0.1, 0.15) is 0 Å². The van der Waals surface area contributed by atoms with E-state index in [-0.39, 0.29) is 17.2 Å². The zero-order valence-corrected chi connectivity index (χ0v) is 11.3. The van der Waals surface area contributed by atoms with Crippen molar-refractivity contribution in [3.05, 3.63) is 29.3 Å². The molecular formula is C12H12ClNO3S. The molecule has 0 aliphatic rings. The van der Waals surface area contributed by atoms with E-state index in [1.165, 1.54) is 31.2 Å². The highest BCUT2D eigenvalue weighted by Crippen LogP contribution is 2.14. The van der Waals surface area contributed by atoms with Gasteiger partial charge in [0.25, 0.3) is 5.91 Å². The first-order valence-corrected chi connectivity index (χ1v) is 7.17. The van der Waals surface area contributed by atoms with Crippen LogP contribution in [0.1, 0.15) is 6.92 Å². The monoisotopic (exact) mass is 285 g/mol. The lowest BCUT2D eigenvalue weighted by atomic mass is 10.4. The number of hydrogen-bond donors (Lipinski definition) is 1. The quantitative estimate of drug-likeness (QED) is 0.847. The molecule has 4 nitrogen and oxygen atoms in total. The third kappa shape index (κ3) is 4.40. The summed E-state index contributed by atoms with van der Waals surface area (Å²) >= 11 is 5.68. The number of carbonyl (C=O) groups is 1. The van der Waals surface area contributed by atoms with E-state index in [1.54, 1.807) is 0 Å². The average molecular weight is 286 g/mol. The first kappa shape index (κ1) is 14.6. The molecule has 0 unspecified atom stereocenters. The standard InChI is InChI=1S/C12H12ClNO3S/c1-2-3-12(15)14-8-9-18(16,17)11-6-4-10(13)5-7-11/h4-7H,8-9H2,1H3,(H,14,15). The third-order valence-electron chi connectivity index (χ3n) is 2.07. The van der Waals surface area contributed by atoms with Crippen molar-refractivity contribution in [2.45, 2.75) is 11.8 Å². The van der Waals surface area contributed by atoms with Crippen LogP contribution in [0.15, 0.2) is 29.2 Å². The van der Waals surface area contributed by atoms with Crippen molar-refractivity contribution in [2.24, 2.45) is 0 Å². The molecule has 0 aromatic heterocycles. The van der Waals surface area contributed by atoms with Crippen LogP contribution >= 0.6 is 11.6 Å². The van der Waals surface area contributed by atoms with Gasteiger partial charge >= 0.3 is 0 Å². The normalized spacial score (nSPS) is 10.3. The van der Waals surface area contributed by atoms with Crippen LogP contribution in [0.3, 0.4) is 0 Å². The molecule has 0 atom stereocenters. The topological polar surface area (TPSA) is 63.2 Å². The maximum atomic E-state index is 11.9. The Labute approximate surface area is 111 Å². The summed E-state index contributed by atoms with van der Waals surface area (Å²) in [6, 6.07) is 5.89. The van der Waals surface area contributed by atoms with Crippen molar-refractivity contribution < 1.29 is 13.2 Å². The van der Waals surface area contributed by atoms with Crippen LogP contribution in [0.2, 0.25) is 5.02 Å². The molecule has 0 heterocycles. The minimum Gasteiger partial charge on any atom is -0.344 e. The van der Waals surface area contributed by atoms with E-state index in [9.17, 15) is 13.2 Å². The number of sulfone groups is 1. The smallest absolute Gasteiger partial charge is 0.295 e. The van der Waals surface area contributed by atoms with Crippen LogP contribution in [0, 0.1) is 11.8 Å². The second-order valence-electron chi connectivity index (χ2n) is 3.40. The van der Waals surface area contributed by atoms with Gasteiger partial charge in [-0.25, -0.2) is 8.42 Å². The van der Waals surface area contributed by atoms with Crippen LogP contribution in [0.5, 0.6) is 0 Å². The van der Waals surface area contributed by atoms with Gasteiger partial charge in [-0.15, -0.1) is 0 Å². The maximum Gasteiger partial charge on any atom is 0.295 e. The molecule has 0 fully saturated rings. The molecule has 0 saturated carbocycles. The summed E-state index contributed by atoms with van der Waals surface area (Å²) in [4.78, 5) is 11.2. The fourth-order valence-electron chi connectivity index (χ4n) is 1.22. The highest BCUT2D eigenvalue weighted by molar-refractivity contribution is 7.91. The van der Waals surface area contributed by atoms with Gasteiger partial charge in [0.05, 0.1) is 10.6 Å². The van der Waals surface area contributed by atoms with Crippen molar-refractivity contribution >= 4 is 27.3 Å². The van der Waals surface area contributed by atoms with Crippen LogP contribution in [0.4, 0.5) is 0 Å². The van der Waals surface area contributed by atoms with E-state index in [2.05, 4.69) is 17.2 Å². The number of carbonyl (C=O) groups excluding carboxylic acids is 1. The van der Waals surface area contributed by atoms with Gasteiger partial charge in [-0.1, -0.05) is 17.5 Å². The lowest BCUT2D eigenvalue weighted by molar-refractivity contribution is -0.115. The lowest BCUT2D eigenvalue weighted by Crippen LogP contribution is -2.27. The molecule has 0 bridgehead atoms. The van der Waals surface area contributed by atoms with Crippen molar-refractivity contribution in [1.29, 1.82) is 0 Å². The van der Waals surface area contributed by atoms with Crippen molar-refractivity contribution in [3.8, 4) is 11.8 Å². The molecule has 0 spiro atoms. The molecule has 1 amide bonds. The van der Waals surface area contributed by atoms with E-state index in [0.717, 1.165) is 0 Å². The molecule has 1 aromatic rings. The van der Waals surface area contributed by atoms with Crippen molar-refractivity contribution in [2.75, 3.05) is 12.3 Å². The Hall–Kier alpha value is -1.51. The molecule has 18 heavy (non-hydrogen) atoms. The van der Waals surface area contributed by atoms with Gasteiger partial charge in [0, 0.05) is 11.6 Å². The predicted molar refractivity (Wildman–Crippen MR) is 70.0 cm³/mol. The number of nitrogens with one attached hydrogen (secondary N) is 1. The van der Waals surface area contributed by atoms with E-state index < -0.39 is 15.7 Å². The Bertz CT molecular complexity index is 582. The maximum absolute atomic E-state index is 11.9. The number of benzene rings is 1. The summed E-state index contributed by atoms with van der Waals surface area (Å²) in [6.07, 6.45) is 0. The van der Waals surface area contributed by atoms with Gasteiger partial charge in [-0.3, -0.25) is 4.79 Å². The Balaban J connectivity index is 2.62. The largest absolute Gasteiger partial charge is 0.344 e. The van der Waals surface area contributed by atoms with Gasteiger partial charge in [-0.2, -0.15) is 0 Å². The minimum absolute atomic E-state index is 0.0263. The summed E-state index contributed by atoms with van der Waals surface area (Å²) in [5.41, 5.74) is 0. The molecule has 0 aliphatic heterocycles. The Morgan fingerprint density at radius 3 is 2.50 bits per heavy atom. The Kier molecular flexibility index (Phi) is 5.20. The zero-order chi connectivity index (χ0) is 13.6. The summed E-state index contributed by atoms with van der Waals surface area (Å²) in [5, 5.41) is 2.88. The van der Waals surface area contributed by atoms with Crippen molar-refractivity contribution in [3.63, 3.8) is 0 Å². The highest BCUT2D eigenvalue weighted by Gasteiger charge is 2.14. The predicted octanol–water partition coefficient (Wildman–Crippen LogP) is 1.25. The Morgan fingerprint density at radius 1 is 1.33 bits per heavy atom. The fourth-order valence-corrected chi connectivity index (χ4v) is 2.50. The average Bonchev–Trinajstić information content (AvgIpc) is 2.29. The van der Waals surface area contributed by atoms with Crippen LogP contribution < -0.4 is 5.32 Å². The molecule has 1 N–H and O–H groups in total. The molecule has 6 heteroatoms. The van der Waals surface area contributed by atoms with Gasteiger partial charge in [0.15, 0.2) is 9.84 Å². The summed E-state index contributed by atoms with van der Waals surface area (Å²) in [5.74, 6) is 4.04. The van der Waals surface area contributed by atoms with E-state index in [0.29, 0.717) is 5.02 Å². The first-order chi connectivity index (χ1) is 8.45. The lowest BCUT2D eigenvalue weighted by Gasteiger charge is -2.04. The van der Waals surface area contributed by atoms with Crippen LogP contribution in [0.25, 0.3) is 0 Å². The third-order valence-corrected chi connectivity index (χ3v) is 4.05. The molecule has 1 aromatic carbocycles. The fraction of sp³-hybridized carbons (Fsp3) is 0.250. The number of rotatable bonds is 4. The number of amides is 1. The van der Waals surface area contributed by atoms with Crippen LogP contribution in [-0.4, -0.2) is 26.6 Å². The molecule has 0 aliphatic carbocycles. The number of halogens is 1. The van der Waals surface area contributed by atoms with E-state index in [4.69, 9.17) is 11.6 Å². The summed E-state index contributed by atoms with van der Waals surface area (Å²) in [6.45, 7) is 1.56. The molecule has 0 radical (unpaired) electrons. The molecule has 0 saturated heterocycles. The summed E-state index contributed by atoms with van der Waals surface area (Å²) < 4.78 is 23.7. The zero-order valence-electron chi connectivity index (χ0n) is 9.73. The summed E-state index contributed by atoms with van der Waals surface area (Å²) in [7, 11) is -3.41. The van der Waals surface area contributed by atoms with Crippen LogP contribution in [-0.2, 0) is 14.6 Å². The van der Waals surface area contributed by atoms with Gasteiger partial charge in [0.2, 0.25) is 0 Å². The van der Waals surface area contributed by atoms with Crippen molar-refractivity contribution in [1.82, 2.24) is 5.32 Å². The van der Waals surface area contributed by atoms with Gasteiger partial charge < -0.3 is 5.32 Å². The Morgan fingerprint density at radius 2 is 1.94 bits per heavy atom.